The fraction of sp³-hybridized carbons (Fsp3) is 0.333. The molecule has 0 amide bonds. The molecule has 0 saturated heterocycles. The summed E-state index contributed by atoms with van der Waals surface area (Å²) in [7, 11) is 0. The zero-order chi connectivity index (χ0) is 14.1. The molecule has 1 aromatic carbocycles. The van der Waals surface area contributed by atoms with E-state index in [1.165, 1.54) is 10.4 Å². The van der Waals surface area contributed by atoms with Gasteiger partial charge in [0.05, 0.1) is 10.0 Å². The van der Waals surface area contributed by atoms with E-state index in [9.17, 15) is 0 Å². The summed E-state index contributed by atoms with van der Waals surface area (Å²) in [5.74, 6) is 0. The average Bonchev–Trinajstić information content (AvgIpc) is 2.92. The highest BCUT2D eigenvalue weighted by molar-refractivity contribution is 7.10. The van der Waals surface area contributed by atoms with Gasteiger partial charge in [-0.3, -0.25) is 4.90 Å². The average molecular weight is 327 g/mol. The first-order valence-electron chi connectivity index (χ1n) is 6.64. The van der Waals surface area contributed by atoms with Gasteiger partial charge in [0, 0.05) is 30.6 Å². The van der Waals surface area contributed by atoms with Crippen LogP contribution in [0.15, 0.2) is 29.6 Å². The van der Waals surface area contributed by atoms with Crippen LogP contribution in [0.3, 0.4) is 0 Å². The third-order valence-corrected chi connectivity index (χ3v) is 5.70. The predicted molar refractivity (Wildman–Crippen MR) is 86.7 cm³/mol. The molecular weight excluding hydrogens is 311 g/mol. The summed E-state index contributed by atoms with van der Waals surface area (Å²) in [5.41, 5.74) is 8.45. The van der Waals surface area contributed by atoms with Crippen molar-refractivity contribution in [2.24, 2.45) is 5.73 Å². The first kappa shape index (κ1) is 14.4. The molecule has 0 spiro atoms. The summed E-state index contributed by atoms with van der Waals surface area (Å²) >= 11 is 14.3. The van der Waals surface area contributed by atoms with Gasteiger partial charge in [-0.15, -0.1) is 11.3 Å². The van der Waals surface area contributed by atoms with E-state index in [0.29, 0.717) is 16.6 Å². The van der Waals surface area contributed by atoms with E-state index in [-0.39, 0.29) is 6.04 Å². The fourth-order valence-electron chi connectivity index (χ4n) is 2.79. The minimum atomic E-state index is 0.120. The molecular formula is C15H16Cl2N2S. The van der Waals surface area contributed by atoms with Gasteiger partial charge in [-0.1, -0.05) is 35.3 Å². The standard InChI is InChI=1S/C15H16Cl2N2S/c16-12-3-1-2-11(15(12)17)13(8-18)19-6-4-14-10(9-19)5-7-20-14/h1-3,5,7,13H,4,6,8-9,18H2. The number of nitrogens with zero attached hydrogens (tertiary/aromatic N) is 1. The molecule has 3 rings (SSSR count). The Bertz CT molecular complexity index is 612. The lowest BCUT2D eigenvalue weighted by atomic mass is 10.0. The van der Waals surface area contributed by atoms with E-state index in [2.05, 4.69) is 16.3 Å². The summed E-state index contributed by atoms with van der Waals surface area (Å²) in [4.78, 5) is 3.89. The molecule has 2 nitrogen and oxygen atoms in total. The normalized spacial score (nSPS) is 16.9. The monoisotopic (exact) mass is 326 g/mol. The lowest BCUT2D eigenvalue weighted by Crippen LogP contribution is -2.37. The third-order valence-electron chi connectivity index (χ3n) is 3.84. The number of rotatable bonds is 3. The Morgan fingerprint density at radius 2 is 2.15 bits per heavy atom. The van der Waals surface area contributed by atoms with Crippen molar-refractivity contribution in [3.63, 3.8) is 0 Å². The summed E-state index contributed by atoms with van der Waals surface area (Å²) in [6, 6.07) is 8.10. The molecule has 106 valence electrons. The summed E-state index contributed by atoms with van der Waals surface area (Å²) in [6.45, 7) is 2.49. The number of fused-ring (bicyclic) bond motifs is 1. The largest absolute Gasteiger partial charge is 0.329 e. The van der Waals surface area contributed by atoms with Gasteiger partial charge in [-0.2, -0.15) is 0 Å². The maximum Gasteiger partial charge on any atom is 0.0640 e. The molecule has 5 heteroatoms. The Kier molecular flexibility index (Phi) is 4.34. The van der Waals surface area contributed by atoms with Crippen molar-refractivity contribution in [3.8, 4) is 0 Å². The van der Waals surface area contributed by atoms with Crippen LogP contribution < -0.4 is 5.73 Å². The first-order chi connectivity index (χ1) is 9.70. The fourth-order valence-corrected chi connectivity index (χ4v) is 4.11. The minimum absolute atomic E-state index is 0.120. The Morgan fingerprint density at radius 1 is 1.30 bits per heavy atom. The number of thiophene rings is 1. The lowest BCUT2D eigenvalue weighted by molar-refractivity contribution is 0.185. The van der Waals surface area contributed by atoms with Crippen LogP contribution in [-0.2, 0) is 13.0 Å². The zero-order valence-electron chi connectivity index (χ0n) is 11.0. The zero-order valence-corrected chi connectivity index (χ0v) is 13.3. The molecule has 1 atom stereocenters. The molecule has 0 saturated carbocycles. The second-order valence-corrected chi connectivity index (χ2v) is 6.77. The van der Waals surface area contributed by atoms with Gasteiger partial charge in [0.2, 0.25) is 0 Å². The topological polar surface area (TPSA) is 29.3 Å². The predicted octanol–water partition coefficient (Wildman–Crippen LogP) is 4.11. The highest BCUT2D eigenvalue weighted by Gasteiger charge is 2.26. The first-order valence-corrected chi connectivity index (χ1v) is 8.27. The van der Waals surface area contributed by atoms with Crippen LogP contribution in [-0.4, -0.2) is 18.0 Å². The quantitative estimate of drug-likeness (QED) is 0.919. The van der Waals surface area contributed by atoms with Gasteiger partial charge in [-0.05, 0) is 35.1 Å². The van der Waals surface area contributed by atoms with Crippen molar-refractivity contribution in [3.05, 3.63) is 55.7 Å². The van der Waals surface area contributed by atoms with Gasteiger partial charge >= 0.3 is 0 Å². The van der Waals surface area contributed by atoms with E-state index in [0.717, 1.165) is 25.1 Å². The smallest absolute Gasteiger partial charge is 0.0640 e. The van der Waals surface area contributed by atoms with Crippen LogP contribution in [0.25, 0.3) is 0 Å². The molecule has 0 radical (unpaired) electrons. The van der Waals surface area contributed by atoms with Gasteiger partial charge in [0.1, 0.15) is 0 Å². The molecule has 1 aliphatic rings. The maximum atomic E-state index is 6.35. The van der Waals surface area contributed by atoms with Gasteiger partial charge in [0.25, 0.3) is 0 Å². The molecule has 20 heavy (non-hydrogen) atoms. The van der Waals surface area contributed by atoms with Crippen molar-refractivity contribution in [2.75, 3.05) is 13.1 Å². The number of benzene rings is 1. The molecule has 1 aliphatic heterocycles. The van der Waals surface area contributed by atoms with Crippen LogP contribution >= 0.6 is 34.5 Å². The molecule has 0 bridgehead atoms. The molecule has 2 heterocycles. The van der Waals surface area contributed by atoms with Crippen molar-refractivity contribution in [2.45, 2.75) is 19.0 Å². The van der Waals surface area contributed by atoms with Crippen molar-refractivity contribution < 1.29 is 0 Å². The van der Waals surface area contributed by atoms with E-state index >= 15 is 0 Å². The van der Waals surface area contributed by atoms with Crippen molar-refractivity contribution in [1.82, 2.24) is 4.90 Å². The summed E-state index contributed by atoms with van der Waals surface area (Å²) in [6.07, 6.45) is 1.09. The summed E-state index contributed by atoms with van der Waals surface area (Å²) < 4.78 is 0. The molecule has 1 aromatic heterocycles. The lowest BCUT2D eigenvalue weighted by Gasteiger charge is -2.34. The SMILES string of the molecule is NCC(c1cccc(Cl)c1Cl)N1CCc2sccc2C1. The van der Waals surface area contributed by atoms with E-state index in [1.807, 2.05) is 29.5 Å². The van der Waals surface area contributed by atoms with Crippen LogP contribution in [0.5, 0.6) is 0 Å². The van der Waals surface area contributed by atoms with Crippen LogP contribution in [0, 0.1) is 0 Å². The molecule has 0 aliphatic carbocycles. The van der Waals surface area contributed by atoms with Crippen LogP contribution in [0.2, 0.25) is 10.0 Å². The van der Waals surface area contributed by atoms with E-state index in [1.54, 1.807) is 0 Å². The number of nitrogens with two attached hydrogens (primary N) is 1. The Balaban J connectivity index is 1.89. The van der Waals surface area contributed by atoms with Crippen molar-refractivity contribution in [1.29, 1.82) is 0 Å². The Labute approximate surface area is 133 Å². The van der Waals surface area contributed by atoms with Crippen LogP contribution in [0.4, 0.5) is 0 Å². The van der Waals surface area contributed by atoms with Gasteiger partial charge in [-0.25, -0.2) is 0 Å². The number of hydrogen-bond donors (Lipinski definition) is 1. The molecule has 1 unspecified atom stereocenters. The Morgan fingerprint density at radius 3 is 2.95 bits per heavy atom. The van der Waals surface area contributed by atoms with Crippen molar-refractivity contribution >= 4 is 34.5 Å². The number of halogens is 2. The van der Waals surface area contributed by atoms with E-state index < -0.39 is 0 Å². The highest BCUT2D eigenvalue weighted by atomic mass is 35.5. The van der Waals surface area contributed by atoms with E-state index in [4.69, 9.17) is 28.9 Å². The summed E-state index contributed by atoms with van der Waals surface area (Å²) in [5, 5.41) is 3.38. The molecule has 2 aromatic rings. The van der Waals surface area contributed by atoms with Crippen LogP contribution in [0.1, 0.15) is 22.0 Å². The minimum Gasteiger partial charge on any atom is -0.329 e. The third kappa shape index (κ3) is 2.61. The highest BCUT2D eigenvalue weighted by Crippen LogP contribution is 2.35. The molecule has 2 N–H and O–H groups in total. The molecule has 0 fully saturated rings. The Hall–Kier alpha value is -0.580. The second kappa shape index (κ2) is 6.04. The number of hydrogen-bond acceptors (Lipinski definition) is 3. The van der Waals surface area contributed by atoms with Gasteiger partial charge in [0.15, 0.2) is 0 Å². The van der Waals surface area contributed by atoms with Gasteiger partial charge < -0.3 is 5.73 Å². The second-order valence-electron chi connectivity index (χ2n) is 4.98. The maximum absolute atomic E-state index is 6.35.